The summed E-state index contributed by atoms with van der Waals surface area (Å²) in [6.45, 7) is 4.91. The lowest BCUT2D eigenvalue weighted by atomic mass is 10.0. The molecule has 7 nitrogen and oxygen atoms in total. The number of aromatic nitrogens is 4. The number of hydrogen-bond acceptors (Lipinski definition) is 6. The lowest BCUT2D eigenvalue weighted by molar-refractivity contribution is 0.312. The van der Waals surface area contributed by atoms with E-state index >= 15 is 0 Å². The highest BCUT2D eigenvalue weighted by atomic mass is 15.2. The highest BCUT2D eigenvalue weighted by Gasteiger charge is 2.17. The van der Waals surface area contributed by atoms with Gasteiger partial charge < -0.3 is 19.7 Å². The zero-order valence-corrected chi connectivity index (χ0v) is 20.1. The molecule has 35 heavy (non-hydrogen) atoms. The van der Waals surface area contributed by atoms with Crippen LogP contribution in [0.15, 0.2) is 73.4 Å². The zero-order chi connectivity index (χ0) is 23.8. The Morgan fingerprint density at radius 3 is 2.63 bits per heavy atom. The molecule has 1 N–H and O–H groups in total. The Balaban J connectivity index is 1.34. The van der Waals surface area contributed by atoms with Crippen molar-refractivity contribution in [2.45, 2.75) is 6.54 Å². The summed E-state index contributed by atoms with van der Waals surface area (Å²) >= 11 is 0. The Morgan fingerprint density at radius 1 is 0.886 bits per heavy atom. The summed E-state index contributed by atoms with van der Waals surface area (Å²) in [5.74, 6) is 0. The first kappa shape index (κ1) is 21.6. The van der Waals surface area contributed by atoms with Crippen LogP contribution >= 0.6 is 0 Å². The number of aryl methyl sites for hydroxylation is 1. The third-order valence-electron chi connectivity index (χ3n) is 6.98. The van der Waals surface area contributed by atoms with Crippen molar-refractivity contribution in [3.05, 3.63) is 79.0 Å². The highest BCUT2D eigenvalue weighted by molar-refractivity contribution is 5.97. The van der Waals surface area contributed by atoms with E-state index in [1.54, 1.807) is 12.4 Å². The summed E-state index contributed by atoms with van der Waals surface area (Å²) in [7, 11) is 4.26. The van der Waals surface area contributed by atoms with Gasteiger partial charge in [0.2, 0.25) is 0 Å². The second-order valence-corrected chi connectivity index (χ2v) is 9.30. The minimum atomic E-state index is 0.692. The minimum Gasteiger partial charge on any atom is -0.381 e. The lowest BCUT2D eigenvalue weighted by Crippen LogP contribution is -2.44. The van der Waals surface area contributed by atoms with Crippen LogP contribution in [-0.4, -0.2) is 57.6 Å². The molecule has 0 bridgehead atoms. The van der Waals surface area contributed by atoms with E-state index in [9.17, 15) is 0 Å². The van der Waals surface area contributed by atoms with Gasteiger partial charge in [0, 0.05) is 98.8 Å². The number of nitrogens with zero attached hydrogens (tertiary/aromatic N) is 6. The summed E-state index contributed by atoms with van der Waals surface area (Å²) in [6.07, 6.45) is 9.48. The van der Waals surface area contributed by atoms with Gasteiger partial charge in [0.05, 0.1) is 11.0 Å². The van der Waals surface area contributed by atoms with Gasteiger partial charge in [-0.3, -0.25) is 15.0 Å². The van der Waals surface area contributed by atoms with Crippen LogP contribution in [-0.2, 0) is 13.6 Å². The van der Waals surface area contributed by atoms with Crippen LogP contribution in [0, 0.1) is 0 Å². The normalized spacial score (nSPS) is 14.6. The zero-order valence-electron chi connectivity index (χ0n) is 20.1. The molecule has 0 saturated carbocycles. The molecule has 2 aromatic carbocycles. The SMILES string of the molecule is CN1CCN(c2ccncc2CNc2cc(-c3ccc4ccn(C)c4c3)c3nccnc3c2)CC1. The molecule has 5 aromatic rings. The van der Waals surface area contributed by atoms with E-state index in [1.165, 1.54) is 22.2 Å². The molecule has 0 radical (unpaired) electrons. The van der Waals surface area contributed by atoms with Gasteiger partial charge in [0.1, 0.15) is 0 Å². The van der Waals surface area contributed by atoms with E-state index in [0.717, 1.165) is 54.0 Å². The standard InChI is InChI=1S/C28H29N7/c1-33-11-13-35(14-12-33)26-5-7-29-18-22(26)19-32-23-16-24(28-25(17-23)30-8-9-31-28)21-4-3-20-6-10-34(2)27(20)15-21/h3-10,15-18,32H,11-14,19H2,1-2H3. The van der Waals surface area contributed by atoms with Gasteiger partial charge in [-0.1, -0.05) is 12.1 Å². The molecule has 0 atom stereocenters. The van der Waals surface area contributed by atoms with Gasteiger partial charge >= 0.3 is 0 Å². The van der Waals surface area contributed by atoms with Crippen molar-refractivity contribution in [2.24, 2.45) is 7.05 Å². The maximum absolute atomic E-state index is 4.67. The fraction of sp³-hybridized carbons (Fsp3) is 0.250. The molecule has 176 valence electrons. The van der Waals surface area contributed by atoms with Crippen molar-refractivity contribution in [2.75, 3.05) is 43.4 Å². The second kappa shape index (κ2) is 9.00. The highest BCUT2D eigenvalue weighted by Crippen LogP contribution is 2.32. The van der Waals surface area contributed by atoms with E-state index in [2.05, 4.69) is 97.4 Å². The van der Waals surface area contributed by atoms with Crippen LogP contribution < -0.4 is 10.2 Å². The summed E-state index contributed by atoms with van der Waals surface area (Å²) in [6, 6.07) is 15.1. The lowest BCUT2D eigenvalue weighted by Gasteiger charge is -2.35. The van der Waals surface area contributed by atoms with E-state index in [0.29, 0.717) is 6.54 Å². The molecule has 0 spiro atoms. The van der Waals surface area contributed by atoms with Crippen LogP contribution in [0.25, 0.3) is 33.1 Å². The molecule has 7 heteroatoms. The Labute approximate surface area is 205 Å². The van der Waals surface area contributed by atoms with E-state index in [-0.39, 0.29) is 0 Å². The summed E-state index contributed by atoms with van der Waals surface area (Å²) in [4.78, 5) is 18.5. The molecule has 4 heterocycles. The predicted octanol–water partition coefficient (Wildman–Crippen LogP) is 4.55. The van der Waals surface area contributed by atoms with E-state index in [1.807, 2.05) is 12.4 Å². The van der Waals surface area contributed by atoms with Crippen molar-refractivity contribution in [1.29, 1.82) is 0 Å². The third-order valence-corrected chi connectivity index (χ3v) is 6.98. The molecule has 0 aliphatic carbocycles. The van der Waals surface area contributed by atoms with E-state index in [4.69, 9.17) is 0 Å². The monoisotopic (exact) mass is 463 g/mol. The number of hydrogen-bond donors (Lipinski definition) is 1. The van der Waals surface area contributed by atoms with Crippen molar-refractivity contribution < 1.29 is 0 Å². The first-order valence-electron chi connectivity index (χ1n) is 12.1. The predicted molar refractivity (Wildman–Crippen MR) is 143 cm³/mol. The van der Waals surface area contributed by atoms with Crippen LogP contribution in [0.2, 0.25) is 0 Å². The third kappa shape index (κ3) is 4.19. The number of fused-ring (bicyclic) bond motifs is 2. The number of piperazine rings is 1. The average Bonchev–Trinajstić information content (AvgIpc) is 3.27. The summed E-state index contributed by atoms with van der Waals surface area (Å²) in [5, 5.41) is 4.88. The number of likely N-dealkylation sites (N-methyl/N-ethyl adjacent to an activating group) is 1. The van der Waals surface area contributed by atoms with Gasteiger partial charge in [0.15, 0.2) is 0 Å². The largest absolute Gasteiger partial charge is 0.381 e. The molecular weight excluding hydrogens is 434 g/mol. The molecule has 3 aromatic heterocycles. The Bertz CT molecular complexity index is 1500. The first-order valence-corrected chi connectivity index (χ1v) is 12.1. The second-order valence-electron chi connectivity index (χ2n) is 9.30. The fourth-order valence-corrected chi connectivity index (χ4v) is 4.94. The molecule has 1 saturated heterocycles. The van der Waals surface area contributed by atoms with Crippen LogP contribution in [0.4, 0.5) is 11.4 Å². The molecule has 1 aliphatic rings. The number of rotatable bonds is 5. The topological polar surface area (TPSA) is 62.1 Å². The first-order chi connectivity index (χ1) is 17.2. The Kier molecular flexibility index (Phi) is 5.54. The summed E-state index contributed by atoms with van der Waals surface area (Å²) in [5.41, 5.74) is 8.67. The molecule has 6 rings (SSSR count). The number of benzene rings is 2. The molecular formula is C28H29N7. The van der Waals surface area contributed by atoms with Crippen molar-refractivity contribution >= 4 is 33.3 Å². The smallest absolute Gasteiger partial charge is 0.0966 e. The molecule has 1 fully saturated rings. The number of nitrogens with one attached hydrogen (secondary N) is 1. The fourth-order valence-electron chi connectivity index (χ4n) is 4.94. The van der Waals surface area contributed by atoms with Gasteiger partial charge in [-0.25, -0.2) is 0 Å². The van der Waals surface area contributed by atoms with Crippen LogP contribution in [0.1, 0.15) is 5.56 Å². The van der Waals surface area contributed by atoms with Crippen molar-refractivity contribution in [1.82, 2.24) is 24.4 Å². The van der Waals surface area contributed by atoms with Crippen molar-refractivity contribution in [3.63, 3.8) is 0 Å². The molecule has 1 aliphatic heterocycles. The summed E-state index contributed by atoms with van der Waals surface area (Å²) < 4.78 is 2.15. The van der Waals surface area contributed by atoms with Crippen molar-refractivity contribution in [3.8, 4) is 11.1 Å². The minimum absolute atomic E-state index is 0.692. The Morgan fingerprint density at radius 2 is 1.74 bits per heavy atom. The van der Waals surface area contributed by atoms with Gasteiger partial charge in [-0.05, 0) is 48.3 Å². The number of anilines is 2. The van der Waals surface area contributed by atoms with Gasteiger partial charge in [-0.2, -0.15) is 0 Å². The Hall–Kier alpha value is -3.97. The van der Waals surface area contributed by atoms with E-state index < -0.39 is 0 Å². The maximum Gasteiger partial charge on any atom is 0.0966 e. The molecule has 0 unspecified atom stereocenters. The average molecular weight is 464 g/mol. The van der Waals surface area contributed by atoms with Crippen LogP contribution in [0.5, 0.6) is 0 Å². The van der Waals surface area contributed by atoms with Gasteiger partial charge in [-0.15, -0.1) is 0 Å². The quantitative estimate of drug-likeness (QED) is 0.413. The molecule has 0 amide bonds. The number of pyridine rings is 1. The van der Waals surface area contributed by atoms with Gasteiger partial charge in [0.25, 0.3) is 0 Å². The van der Waals surface area contributed by atoms with Crippen LogP contribution in [0.3, 0.4) is 0 Å². The maximum atomic E-state index is 4.67.